The van der Waals surface area contributed by atoms with Crippen LogP contribution in [0.5, 0.6) is 0 Å². The molecule has 3 aromatic carbocycles. The number of amides is 2. The molecule has 9 heteroatoms. The summed E-state index contributed by atoms with van der Waals surface area (Å²) < 4.78 is 4.98. The molecule has 0 aliphatic carbocycles. The first-order chi connectivity index (χ1) is 17.4. The van der Waals surface area contributed by atoms with E-state index in [2.05, 4.69) is 10.3 Å². The molecule has 1 saturated heterocycles. The zero-order chi connectivity index (χ0) is 25.5. The molecule has 184 valence electrons. The van der Waals surface area contributed by atoms with Crippen molar-refractivity contribution in [3.63, 3.8) is 0 Å². The minimum absolute atomic E-state index is 0.0266. The van der Waals surface area contributed by atoms with Crippen molar-refractivity contribution in [1.82, 2.24) is 4.90 Å². The number of para-hydroxylation sites is 1. The van der Waals surface area contributed by atoms with Crippen molar-refractivity contribution in [1.29, 1.82) is 0 Å². The van der Waals surface area contributed by atoms with Gasteiger partial charge in [0.05, 0.1) is 24.4 Å². The highest BCUT2D eigenvalue weighted by Gasteiger charge is 2.36. The first-order valence-corrected chi connectivity index (χ1v) is 12.6. The standard InChI is InChI=1S/C27H24ClN3O4S/c1-2-35-26(34)19-10-14-22(15-11-19)29-25(33)23-16-24(32)31(17-18-8-12-20(28)13-9-18)27(36-23)30-21-6-4-3-5-7-21/h3-15,23H,2,16-17H2,1H3,(H,29,33). The zero-order valence-electron chi connectivity index (χ0n) is 19.5. The molecule has 1 aliphatic heterocycles. The maximum atomic E-state index is 13.2. The molecule has 0 radical (unpaired) electrons. The number of carbonyl (C=O) groups excluding carboxylic acids is 3. The van der Waals surface area contributed by atoms with Gasteiger partial charge in [0.25, 0.3) is 0 Å². The SMILES string of the molecule is CCOC(=O)c1ccc(NC(=O)C2CC(=O)N(Cc3ccc(Cl)cc3)C(=Nc3ccccc3)S2)cc1. The molecule has 0 bridgehead atoms. The van der Waals surface area contributed by atoms with Crippen molar-refractivity contribution < 1.29 is 19.1 Å². The number of rotatable bonds is 7. The first kappa shape index (κ1) is 25.5. The van der Waals surface area contributed by atoms with Gasteiger partial charge < -0.3 is 10.1 Å². The number of halogens is 1. The van der Waals surface area contributed by atoms with Crippen LogP contribution in [0.4, 0.5) is 11.4 Å². The number of ether oxygens (including phenoxy) is 1. The van der Waals surface area contributed by atoms with Gasteiger partial charge in [0.1, 0.15) is 5.25 Å². The van der Waals surface area contributed by atoms with Crippen LogP contribution in [0.2, 0.25) is 5.02 Å². The number of esters is 1. The summed E-state index contributed by atoms with van der Waals surface area (Å²) in [6.45, 7) is 2.34. The molecule has 1 unspecified atom stereocenters. The van der Waals surface area contributed by atoms with Crippen LogP contribution in [0.3, 0.4) is 0 Å². The minimum atomic E-state index is -0.661. The Morgan fingerprint density at radius 3 is 2.42 bits per heavy atom. The van der Waals surface area contributed by atoms with Crippen molar-refractivity contribution in [2.75, 3.05) is 11.9 Å². The number of nitrogens with one attached hydrogen (secondary N) is 1. The van der Waals surface area contributed by atoms with Gasteiger partial charge in [-0.15, -0.1) is 0 Å². The number of carbonyl (C=O) groups is 3. The van der Waals surface area contributed by atoms with Crippen molar-refractivity contribution in [3.05, 3.63) is 95.0 Å². The maximum Gasteiger partial charge on any atom is 0.338 e. The molecular formula is C27H24ClN3O4S. The molecule has 0 spiro atoms. The van der Waals surface area contributed by atoms with E-state index in [1.807, 2.05) is 42.5 Å². The molecular weight excluding hydrogens is 498 g/mol. The number of amidine groups is 1. The van der Waals surface area contributed by atoms with E-state index in [0.29, 0.717) is 33.7 Å². The molecule has 1 N–H and O–H groups in total. The van der Waals surface area contributed by atoms with E-state index in [1.165, 1.54) is 11.8 Å². The van der Waals surface area contributed by atoms with Gasteiger partial charge in [0.15, 0.2) is 5.17 Å². The Kier molecular flexibility index (Phi) is 8.40. The predicted octanol–water partition coefficient (Wildman–Crippen LogP) is 5.68. The van der Waals surface area contributed by atoms with Gasteiger partial charge in [-0.1, -0.05) is 53.7 Å². The van der Waals surface area contributed by atoms with E-state index in [0.717, 1.165) is 5.56 Å². The fourth-order valence-corrected chi connectivity index (χ4v) is 4.73. The maximum absolute atomic E-state index is 13.2. The van der Waals surface area contributed by atoms with E-state index < -0.39 is 11.2 Å². The molecule has 3 aromatic rings. The van der Waals surface area contributed by atoms with E-state index in [1.54, 1.807) is 48.2 Å². The number of nitrogens with zero attached hydrogens (tertiary/aromatic N) is 2. The number of hydrogen-bond acceptors (Lipinski definition) is 6. The fraction of sp³-hybridized carbons (Fsp3) is 0.185. The highest BCUT2D eigenvalue weighted by atomic mass is 35.5. The van der Waals surface area contributed by atoms with E-state index in [4.69, 9.17) is 16.3 Å². The number of thioether (sulfide) groups is 1. The molecule has 4 rings (SSSR count). The summed E-state index contributed by atoms with van der Waals surface area (Å²) in [4.78, 5) is 44.4. The summed E-state index contributed by atoms with van der Waals surface area (Å²) in [5, 5.41) is 3.24. The summed E-state index contributed by atoms with van der Waals surface area (Å²) in [6.07, 6.45) is 0.0266. The molecule has 2 amide bonds. The van der Waals surface area contributed by atoms with Crippen LogP contribution in [-0.2, 0) is 20.9 Å². The molecule has 0 saturated carbocycles. The van der Waals surface area contributed by atoms with E-state index in [9.17, 15) is 14.4 Å². The normalized spacial score (nSPS) is 16.6. The topological polar surface area (TPSA) is 88.1 Å². The van der Waals surface area contributed by atoms with Gasteiger partial charge in [0.2, 0.25) is 11.8 Å². The Labute approximate surface area is 218 Å². The largest absolute Gasteiger partial charge is 0.462 e. The van der Waals surface area contributed by atoms with Crippen LogP contribution < -0.4 is 5.32 Å². The Balaban J connectivity index is 1.52. The Morgan fingerprint density at radius 2 is 1.75 bits per heavy atom. The summed E-state index contributed by atoms with van der Waals surface area (Å²) in [7, 11) is 0. The zero-order valence-corrected chi connectivity index (χ0v) is 21.1. The second-order valence-corrected chi connectivity index (χ2v) is 9.54. The number of benzene rings is 3. The lowest BCUT2D eigenvalue weighted by atomic mass is 10.2. The average molecular weight is 522 g/mol. The Morgan fingerprint density at radius 1 is 1.06 bits per heavy atom. The van der Waals surface area contributed by atoms with Gasteiger partial charge in [-0.25, -0.2) is 9.79 Å². The molecule has 7 nitrogen and oxygen atoms in total. The van der Waals surface area contributed by atoms with E-state index in [-0.39, 0.29) is 24.8 Å². The van der Waals surface area contributed by atoms with Crippen LogP contribution in [0, 0.1) is 0 Å². The third-order valence-electron chi connectivity index (χ3n) is 5.33. The van der Waals surface area contributed by atoms with Gasteiger partial charge in [0, 0.05) is 17.1 Å². The molecule has 1 aliphatic rings. The summed E-state index contributed by atoms with van der Waals surface area (Å²) in [5.41, 5.74) is 2.50. The van der Waals surface area contributed by atoms with Crippen LogP contribution in [0.25, 0.3) is 0 Å². The number of hydrogen-bond donors (Lipinski definition) is 1. The monoisotopic (exact) mass is 521 g/mol. The Bertz CT molecular complexity index is 1260. The summed E-state index contributed by atoms with van der Waals surface area (Å²) in [5.74, 6) is -0.938. The van der Waals surface area contributed by atoms with Crippen molar-refractivity contribution in [2.24, 2.45) is 4.99 Å². The van der Waals surface area contributed by atoms with Crippen molar-refractivity contribution in [2.45, 2.75) is 25.1 Å². The molecule has 1 fully saturated rings. The number of aliphatic imine (C=N–C) groups is 1. The van der Waals surface area contributed by atoms with Crippen molar-refractivity contribution >= 4 is 57.7 Å². The third-order valence-corrected chi connectivity index (χ3v) is 6.77. The van der Waals surface area contributed by atoms with E-state index >= 15 is 0 Å². The van der Waals surface area contributed by atoms with Gasteiger partial charge in [-0.05, 0) is 61.0 Å². The molecule has 1 heterocycles. The van der Waals surface area contributed by atoms with Crippen LogP contribution in [0.15, 0.2) is 83.9 Å². The molecule has 36 heavy (non-hydrogen) atoms. The second-order valence-electron chi connectivity index (χ2n) is 7.93. The second kappa shape index (κ2) is 11.9. The van der Waals surface area contributed by atoms with Gasteiger partial charge in [-0.2, -0.15) is 0 Å². The molecule has 1 atom stereocenters. The van der Waals surface area contributed by atoms with Crippen molar-refractivity contribution in [3.8, 4) is 0 Å². The van der Waals surface area contributed by atoms with Crippen LogP contribution >= 0.6 is 23.4 Å². The lowest BCUT2D eigenvalue weighted by molar-refractivity contribution is -0.129. The van der Waals surface area contributed by atoms with Gasteiger partial charge in [-0.3, -0.25) is 14.5 Å². The van der Waals surface area contributed by atoms with Crippen LogP contribution in [-0.4, -0.2) is 39.7 Å². The molecule has 0 aromatic heterocycles. The van der Waals surface area contributed by atoms with Crippen LogP contribution in [0.1, 0.15) is 29.3 Å². The smallest absolute Gasteiger partial charge is 0.338 e. The van der Waals surface area contributed by atoms with Gasteiger partial charge >= 0.3 is 5.97 Å². The average Bonchev–Trinajstić information content (AvgIpc) is 2.88. The third kappa shape index (κ3) is 6.53. The lowest BCUT2D eigenvalue weighted by Gasteiger charge is -2.32. The summed E-state index contributed by atoms with van der Waals surface area (Å²) >= 11 is 7.25. The minimum Gasteiger partial charge on any atom is -0.462 e. The summed E-state index contributed by atoms with van der Waals surface area (Å²) in [6, 6.07) is 23.0. The predicted molar refractivity (Wildman–Crippen MR) is 143 cm³/mol. The lowest BCUT2D eigenvalue weighted by Crippen LogP contribution is -2.44. The first-order valence-electron chi connectivity index (χ1n) is 11.4. The number of anilines is 1. The Hall–Kier alpha value is -3.62. The highest BCUT2D eigenvalue weighted by molar-refractivity contribution is 8.15. The fourth-order valence-electron chi connectivity index (χ4n) is 3.51. The quantitative estimate of drug-likeness (QED) is 0.404. The highest BCUT2D eigenvalue weighted by Crippen LogP contribution is 2.31.